The fourth-order valence-corrected chi connectivity index (χ4v) is 3.17. The third kappa shape index (κ3) is 2.99. The summed E-state index contributed by atoms with van der Waals surface area (Å²) in [5.41, 5.74) is 2.77. The Morgan fingerprint density at radius 2 is 2.27 bits per heavy atom. The summed E-state index contributed by atoms with van der Waals surface area (Å²) in [6.45, 7) is 5.56. The van der Waals surface area contributed by atoms with E-state index < -0.39 is 0 Å². The van der Waals surface area contributed by atoms with Gasteiger partial charge in [0.2, 0.25) is 0 Å². The van der Waals surface area contributed by atoms with E-state index in [-0.39, 0.29) is 0 Å². The highest BCUT2D eigenvalue weighted by molar-refractivity contribution is 7.99. The maximum absolute atomic E-state index is 3.54. The summed E-state index contributed by atoms with van der Waals surface area (Å²) in [6.07, 6.45) is 2.69. The lowest BCUT2D eigenvalue weighted by atomic mass is 10.2. The minimum atomic E-state index is 0.732. The minimum absolute atomic E-state index is 0.732. The van der Waals surface area contributed by atoms with Gasteiger partial charge in [0.1, 0.15) is 0 Å². The van der Waals surface area contributed by atoms with Crippen molar-refractivity contribution in [1.82, 2.24) is 5.32 Å². The Morgan fingerprint density at radius 1 is 1.40 bits per heavy atom. The van der Waals surface area contributed by atoms with Crippen molar-refractivity contribution in [3.8, 4) is 0 Å². The molecule has 82 valence electrons. The molecule has 1 nitrogen and oxygen atoms in total. The number of aryl methyl sites for hydroxylation is 2. The zero-order valence-electron chi connectivity index (χ0n) is 9.55. The molecule has 0 unspecified atom stereocenters. The largest absolute Gasteiger partial charge is 0.313 e. The van der Waals surface area contributed by atoms with Crippen LogP contribution in [0.5, 0.6) is 0 Å². The highest BCUT2D eigenvalue weighted by atomic mass is 32.2. The molecule has 0 aliphatic carbocycles. The van der Waals surface area contributed by atoms with Crippen molar-refractivity contribution in [3.05, 3.63) is 29.3 Å². The number of thioether (sulfide) groups is 1. The van der Waals surface area contributed by atoms with Crippen LogP contribution in [0, 0.1) is 13.8 Å². The molecule has 1 saturated heterocycles. The standard InChI is InChI=1S/C13H19NS/c1-10-5-6-13(11(2)8-10)15-9-12-4-3-7-14-12/h5-6,8,12,14H,3-4,7,9H2,1-2H3/t12-/m1/s1. The first-order chi connectivity index (χ1) is 7.25. The van der Waals surface area contributed by atoms with E-state index in [4.69, 9.17) is 0 Å². The summed E-state index contributed by atoms with van der Waals surface area (Å²) in [7, 11) is 0. The molecule has 1 aliphatic rings. The van der Waals surface area contributed by atoms with Crippen molar-refractivity contribution in [2.75, 3.05) is 12.3 Å². The Labute approximate surface area is 96.7 Å². The summed E-state index contributed by atoms with van der Waals surface area (Å²) in [5, 5.41) is 3.54. The average molecular weight is 221 g/mol. The molecule has 1 heterocycles. The maximum atomic E-state index is 3.54. The zero-order chi connectivity index (χ0) is 10.7. The van der Waals surface area contributed by atoms with E-state index in [2.05, 4.69) is 37.4 Å². The Bertz CT molecular complexity index is 329. The summed E-state index contributed by atoms with van der Waals surface area (Å²) in [6, 6.07) is 7.46. The molecule has 1 aromatic carbocycles. The van der Waals surface area contributed by atoms with Crippen LogP contribution in [0.4, 0.5) is 0 Å². The van der Waals surface area contributed by atoms with Gasteiger partial charge in [0.25, 0.3) is 0 Å². The average Bonchev–Trinajstić information content (AvgIpc) is 2.69. The molecule has 1 N–H and O–H groups in total. The van der Waals surface area contributed by atoms with Gasteiger partial charge in [-0.15, -0.1) is 11.8 Å². The molecule has 0 aromatic heterocycles. The molecule has 15 heavy (non-hydrogen) atoms. The Hall–Kier alpha value is -0.470. The summed E-state index contributed by atoms with van der Waals surface area (Å²) >= 11 is 1.99. The van der Waals surface area contributed by atoms with Crippen LogP contribution in [-0.2, 0) is 0 Å². The predicted octanol–water partition coefficient (Wildman–Crippen LogP) is 3.15. The van der Waals surface area contributed by atoms with Crippen LogP contribution in [0.1, 0.15) is 24.0 Å². The molecule has 0 amide bonds. The fraction of sp³-hybridized carbons (Fsp3) is 0.538. The van der Waals surface area contributed by atoms with Gasteiger partial charge in [-0.1, -0.05) is 17.7 Å². The molecule has 0 spiro atoms. The minimum Gasteiger partial charge on any atom is -0.313 e. The molecule has 0 bridgehead atoms. The lowest BCUT2D eigenvalue weighted by Crippen LogP contribution is -2.23. The number of nitrogens with one attached hydrogen (secondary N) is 1. The smallest absolute Gasteiger partial charge is 0.0162 e. The van der Waals surface area contributed by atoms with E-state index in [9.17, 15) is 0 Å². The molecule has 2 rings (SSSR count). The van der Waals surface area contributed by atoms with Gasteiger partial charge < -0.3 is 5.32 Å². The van der Waals surface area contributed by atoms with Gasteiger partial charge in [-0.2, -0.15) is 0 Å². The third-order valence-corrected chi connectivity index (χ3v) is 4.27. The quantitative estimate of drug-likeness (QED) is 0.787. The van der Waals surface area contributed by atoms with Crippen LogP contribution in [0.2, 0.25) is 0 Å². The molecule has 1 aromatic rings. The van der Waals surface area contributed by atoms with Crippen molar-refractivity contribution < 1.29 is 0 Å². The van der Waals surface area contributed by atoms with Crippen LogP contribution in [-0.4, -0.2) is 18.3 Å². The van der Waals surface area contributed by atoms with Crippen molar-refractivity contribution in [1.29, 1.82) is 0 Å². The zero-order valence-corrected chi connectivity index (χ0v) is 10.4. The lowest BCUT2D eigenvalue weighted by molar-refractivity contribution is 0.674. The van der Waals surface area contributed by atoms with Crippen molar-refractivity contribution >= 4 is 11.8 Å². The van der Waals surface area contributed by atoms with Crippen LogP contribution >= 0.6 is 11.8 Å². The predicted molar refractivity (Wildman–Crippen MR) is 67.7 cm³/mol. The molecular formula is C13H19NS. The van der Waals surface area contributed by atoms with E-state index in [1.54, 1.807) is 0 Å². The molecule has 0 radical (unpaired) electrons. The monoisotopic (exact) mass is 221 g/mol. The summed E-state index contributed by atoms with van der Waals surface area (Å²) in [5.74, 6) is 1.21. The van der Waals surface area contributed by atoms with Crippen LogP contribution < -0.4 is 5.32 Å². The summed E-state index contributed by atoms with van der Waals surface area (Å²) in [4.78, 5) is 1.44. The van der Waals surface area contributed by atoms with Gasteiger partial charge in [0.05, 0.1) is 0 Å². The topological polar surface area (TPSA) is 12.0 Å². The first kappa shape index (κ1) is 11.0. The second-order valence-electron chi connectivity index (χ2n) is 4.37. The number of hydrogen-bond donors (Lipinski definition) is 1. The van der Waals surface area contributed by atoms with Gasteiger partial charge in [-0.25, -0.2) is 0 Å². The van der Waals surface area contributed by atoms with Crippen molar-refractivity contribution in [2.24, 2.45) is 0 Å². The molecule has 1 aliphatic heterocycles. The number of hydrogen-bond acceptors (Lipinski definition) is 2. The SMILES string of the molecule is Cc1ccc(SC[C@H]2CCCN2)c(C)c1. The number of rotatable bonds is 3. The molecule has 2 heteroatoms. The van der Waals surface area contributed by atoms with E-state index in [1.165, 1.54) is 41.2 Å². The Balaban J connectivity index is 1.92. The highest BCUT2D eigenvalue weighted by Crippen LogP contribution is 2.25. The van der Waals surface area contributed by atoms with Crippen molar-refractivity contribution in [2.45, 2.75) is 37.6 Å². The van der Waals surface area contributed by atoms with Gasteiger partial charge in [0.15, 0.2) is 0 Å². The van der Waals surface area contributed by atoms with Gasteiger partial charge in [-0.3, -0.25) is 0 Å². The first-order valence-electron chi connectivity index (χ1n) is 5.69. The second kappa shape index (κ2) is 5.04. The van der Waals surface area contributed by atoms with E-state index >= 15 is 0 Å². The van der Waals surface area contributed by atoms with Gasteiger partial charge >= 0.3 is 0 Å². The van der Waals surface area contributed by atoms with Gasteiger partial charge in [0, 0.05) is 16.7 Å². The van der Waals surface area contributed by atoms with E-state index in [1.807, 2.05) is 11.8 Å². The van der Waals surface area contributed by atoms with Crippen molar-refractivity contribution in [3.63, 3.8) is 0 Å². The number of benzene rings is 1. The molecule has 1 fully saturated rings. The summed E-state index contributed by atoms with van der Waals surface area (Å²) < 4.78 is 0. The first-order valence-corrected chi connectivity index (χ1v) is 6.68. The highest BCUT2D eigenvalue weighted by Gasteiger charge is 2.14. The van der Waals surface area contributed by atoms with Crippen LogP contribution in [0.3, 0.4) is 0 Å². The maximum Gasteiger partial charge on any atom is 0.0162 e. The van der Waals surface area contributed by atoms with E-state index in [0.717, 1.165) is 6.04 Å². The molecular weight excluding hydrogens is 202 g/mol. The van der Waals surface area contributed by atoms with Gasteiger partial charge in [-0.05, 0) is 44.9 Å². The Morgan fingerprint density at radius 3 is 2.93 bits per heavy atom. The third-order valence-electron chi connectivity index (χ3n) is 2.93. The second-order valence-corrected chi connectivity index (χ2v) is 5.44. The molecule has 1 atom stereocenters. The Kier molecular flexibility index (Phi) is 3.71. The normalized spacial score (nSPS) is 20.8. The molecule has 0 saturated carbocycles. The fourth-order valence-electron chi connectivity index (χ4n) is 2.05. The lowest BCUT2D eigenvalue weighted by Gasteiger charge is -2.11. The van der Waals surface area contributed by atoms with Crippen LogP contribution in [0.15, 0.2) is 23.1 Å². The van der Waals surface area contributed by atoms with Crippen LogP contribution in [0.25, 0.3) is 0 Å². The van der Waals surface area contributed by atoms with E-state index in [0.29, 0.717) is 0 Å².